The van der Waals surface area contributed by atoms with E-state index in [-0.39, 0.29) is 12.3 Å². The summed E-state index contributed by atoms with van der Waals surface area (Å²) < 4.78 is 5.17. The fraction of sp³-hybridized carbons (Fsp3) is 0.462. The van der Waals surface area contributed by atoms with Gasteiger partial charge in [0.15, 0.2) is 0 Å². The lowest BCUT2D eigenvalue weighted by molar-refractivity contribution is -0.120. The van der Waals surface area contributed by atoms with Gasteiger partial charge in [-0.15, -0.1) is 0 Å². The molecule has 1 aromatic rings. The summed E-state index contributed by atoms with van der Waals surface area (Å²) in [6.07, 6.45) is 0.341. The van der Waals surface area contributed by atoms with Crippen molar-refractivity contribution in [1.29, 1.82) is 0 Å². The van der Waals surface area contributed by atoms with Crippen LogP contribution in [0.5, 0.6) is 5.75 Å². The minimum Gasteiger partial charge on any atom is -0.496 e. The molecule has 0 aliphatic rings. The largest absolute Gasteiger partial charge is 0.496 e. The predicted molar refractivity (Wildman–Crippen MR) is 71.0 cm³/mol. The molecule has 0 bridgehead atoms. The van der Waals surface area contributed by atoms with Gasteiger partial charge in [-0.1, -0.05) is 11.6 Å². The zero-order chi connectivity index (χ0) is 13.5. The van der Waals surface area contributed by atoms with E-state index in [0.29, 0.717) is 23.7 Å². The second kappa shape index (κ2) is 7.24. The van der Waals surface area contributed by atoms with Gasteiger partial charge in [0.2, 0.25) is 5.91 Å². The lowest BCUT2D eigenvalue weighted by Gasteiger charge is -2.10. The van der Waals surface area contributed by atoms with Crippen LogP contribution in [0.3, 0.4) is 0 Å². The van der Waals surface area contributed by atoms with Gasteiger partial charge in [-0.25, -0.2) is 0 Å². The van der Waals surface area contributed by atoms with Crippen LogP contribution in [0.15, 0.2) is 18.2 Å². The molecule has 100 valence electrons. The number of rotatable bonds is 6. The van der Waals surface area contributed by atoms with Gasteiger partial charge in [0, 0.05) is 17.1 Å². The van der Waals surface area contributed by atoms with Crippen molar-refractivity contribution < 1.29 is 14.6 Å². The van der Waals surface area contributed by atoms with E-state index in [9.17, 15) is 4.79 Å². The van der Waals surface area contributed by atoms with Gasteiger partial charge < -0.3 is 15.2 Å². The topological polar surface area (TPSA) is 58.6 Å². The quantitative estimate of drug-likeness (QED) is 0.829. The fourth-order valence-electron chi connectivity index (χ4n) is 1.54. The Bertz CT molecular complexity index is 407. The average Bonchev–Trinajstić information content (AvgIpc) is 2.28. The highest BCUT2D eigenvalue weighted by Gasteiger charge is 2.09. The zero-order valence-corrected chi connectivity index (χ0v) is 11.3. The van der Waals surface area contributed by atoms with Crippen LogP contribution in [0.25, 0.3) is 0 Å². The van der Waals surface area contributed by atoms with Crippen LogP contribution in [0.2, 0.25) is 5.02 Å². The van der Waals surface area contributed by atoms with Crippen molar-refractivity contribution in [2.24, 2.45) is 0 Å². The first kappa shape index (κ1) is 14.8. The monoisotopic (exact) mass is 271 g/mol. The number of benzene rings is 1. The van der Waals surface area contributed by atoms with Gasteiger partial charge in [0.1, 0.15) is 5.75 Å². The first-order valence-electron chi connectivity index (χ1n) is 5.80. The third-order valence-corrected chi connectivity index (χ3v) is 2.71. The van der Waals surface area contributed by atoms with Crippen molar-refractivity contribution in [2.75, 3.05) is 13.7 Å². The molecule has 1 atom stereocenters. The second-order valence-electron chi connectivity index (χ2n) is 4.12. The van der Waals surface area contributed by atoms with Gasteiger partial charge in [-0.3, -0.25) is 4.79 Å². The standard InChI is InChI=1S/C13H18ClNO3/c1-9(16)5-6-15-13(17)8-10-7-11(14)3-4-12(10)18-2/h3-4,7,9,16H,5-6,8H2,1-2H3,(H,15,17). The highest BCUT2D eigenvalue weighted by molar-refractivity contribution is 6.30. The molecule has 0 aromatic heterocycles. The van der Waals surface area contributed by atoms with Gasteiger partial charge >= 0.3 is 0 Å². The molecule has 1 rings (SSSR count). The van der Waals surface area contributed by atoms with E-state index in [1.54, 1.807) is 32.2 Å². The number of carbonyl (C=O) groups is 1. The number of aliphatic hydroxyl groups excluding tert-OH is 1. The van der Waals surface area contributed by atoms with Crippen LogP contribution in [0, 0.1) is 0 Å². The molecule has 1 unspecified atom stereocenters. The van der Waals surface area contributed by atoms with E-state index in [1.807, 2.05) is 0 Å². The third kappa shape index (κ3) is 4.94. The molecule has 0 fully saturated rings. The van der Waals surface area contributed by atoms with Crippen LogP contribution in [-0.2, 0) is 11.2 Å². The number of nitrogens with one attached hydrogen (secondary N) is 1. The summed E-state index contributed by atoms with van der Waals surface area (Å²) in [5, 5.41) is 12.4. The smallest absolute Gasteiger partial charge is 0.224 e. The molecule has 0 aliphatic heterocycles. The zero-order valence-electron chi connectivity index (χ0n) is 10.6. The number of aliphatic hydroxyl groups is 1. The maximum Gasteiger partial charge on any atom is 0.224 e. The van der Waals surface area contributed by atoms with Crippen molar-refractivity contribution in [3.8, 4) is 5.75 Å². The van der Waals surface area contributed by atoms with Crippen molar-refractivity contribution in [2.45, 2.75) is 25.9 Å². The fourth-order valence-corrected chi connectivity index (χ4v) is 1.74. The molecule has 18 heavy (non-hydrogen) atoms. The van der Waals surface area contributed by atoms with Gasteiger partial charge in [-0.2, -0.15) is 0 Å². The van der Waals surface area contributed by atoms with Crippen LogP contribution < -0.4 is 10.1 Å². The van der Waals surface area contributed by atoms with Gasteiger partial charge in [0.25, 0.3) is 0 Å². The molecule has 4 nitrogen and oxygen atoms in total. The lowest BCUT2D eigenvalue weighted by atomic mass is 10.1. The molecule has 0 saturated heterocycles. The molecule has 1 aromatic carbocycles. The molecular formula is C13H18ClNO3. The Morgan fingerprint density at radius 2 is 2.28 bits per heavy atom. The minimum atomic E-state index is -0.411. The number of methoxy groups -OCH3 is 1. The SMILES string of the molecule is COc1ccc(Cl)cc1CC(=O)NCCC(C)O. The lowest BCUT2D eigenvalue weighted by Crippen LogP contribution is -2.28. The summed E-state index contributed by atoms with van der Waals surface area (Å²) in [7, 11) is 1.55. The Morgan fingerprint density at radius 1 is 1.56 bits per heavy atom. The van der Waals surface area contributed by atoms with Crippen molar-refractivity contribution in [3.63, 3.8) is 0 Å². The van der Waals surface area contributed by atoms with Crippen LogP contribution in [0.1, 0.15) is 18.9 Å². The van der Waals surface area contributed by atoms with E-state index >= 15 is 0 Å². The summed E-state index contributed by atoms with van der Waals surface area (Å²) in [5.74, 6) is 0.529. The molecule has 0 saturated carbocycles. The summed E-state index contributed by atoms with van der Waals surface area (Å²) >= 11 is 5.88. The predicted octanol–water partition coefficient (Wildman–Crippen LogP) is 1.78. The Kier molecular flexibility index (Phi) is 5.95. The minimum absolute atomic E-state index is 0.115. The Balaban J connectivity index is 2.55. The average molecular weight is 272 g/mol. The molecule has 5 heteroatoms. The number of amides is 1. The van der Waals surface area contributed by atoms with Crippen LogP contribution in [-0.4, -0.2) is 30.8 Å². The Labute approximate surface area is 112 Å². The van der Waals surface area contributed by atoms with E-state index in [2.05, 4.69) is 5.32 Å². The maximum atomic E-state index is 11.7. The van der Waals surface area contributed by atoms with Gasteiger partial charge in [0.05, 0.1) is 19.6 Å². The van der Waals surface area contributed by atoms with E-state index in [4.69, 9.17) is 21.4 Å². The third-order valence-electron chi connectivity index (χ3n) is 2.48. The number of halogens is 1. The summed E-state index contributed by atoms with van der Waals surface area (Å²) in [6, 6.07) is 5.17. The number of carbonyl (C=O) groups excluding carboxylic acids is 1. The Morgan fingerprint density at radius 3 is 2.89 bits per heavy atom. The number of hydrogen-bond acceptors (Lipinski definition) is 3. The van der Waals surface area contributed by atoms with Crippen LogP contribution in [0.4, 0.5) is 0 Å². The van der Waals surface area contributed by atoms with Crippen molar-refractivity contribution >= 4 is 17.5 Å². The van der Waals surface area contributed by atoms with E-state index in [1.165, 1.54) is 0 Å². The van der Waals surface area contributed by atoms with Gasteiger partial charge in [-0.05, 0) is 31.5 Å². The molecular weight excluding hydrogens is 254 g/mol. The highest BCUT2D eigenvalue weighted by atomic mass is 35.5. The molecule has 0 radical (unpaired) electrons. The number of hydrogen-bond donors (Lipinski definition) is 2. The summed E-state index contributed by atoms with van der Waals surface area (Å²) in [4.78, 5) is 11.7. The normalized spacial score (nSPS) is 12.0. The van der Waals surface area contributed by atoms with Crippen molar-refractivity contribution in [3.05, 3.63) is 28.8 Å². The first-order chi connectivity index (χ1) is 8.52. The van der Waals surface area contributed by atoms with E-state index in [0.717, 1.165) is 5.56 Å². The maximum absolute atomic E-state index is 11.7. The highest BCUT2D eigenvalue weighted by Crippen LogP contribution is 2.22. The molecule has 0 heterocycles. The molecule has 0 aliphatic carbocycles. The summed E-state index contributed by atoms with van der Waals surface area (Å²) in [5.41, 5.74) is 0.750. The number of ether oxygens (including phenoxy) is 1. The Hall–Kier alpha value is -1.26. The second-order valence-corrected chi connectivity index (χ2v) is 4.56. The van der Waals surface area contributed by atoms with Crippen molar-refractivity contribution in [1.82, 2.24) is 5.32 Å². The molecule has 0 spiro atoms. The van der Waals surface area contributed by atoms with Crippen LogP contribution >= 0.6 is 11.6 Å². The molecule has 2 N–H and O–H groups in total. The van der Waals surface area contributed by atoms with E-state index < -0.39 is 6.10 Å². The first-order valence-corrected chi connectivity index (χ1v) is 6.18. The summed E-state index contributed by atoms with van der Waals surface area (Å²) in [6.45, 7) is 2.14. The molecule has 1 amide bonds.